The Morgan fingerprint density at radius 1 is 1.06 bits per heavy atom. The normalized spacial score (nSPS) is 12.4. The van der Waals surface area contributed by atoms with E-state index in [1.807, 2.05) is 12.1 Å². The maximum Gasteiger partial charge on any atom is 0.0551 e. The topological polar surface area (TPSA) is 26.0 Å². The Hall–Kier alpha value is -1.12. The molecule has 1 atom stereocenters. The molecule has 0 aromatic heterocycles. The van der Waals surface area contributed by atoms with Crippen molar-refractivity contribution in [3.8, 4) is 0 Å². The average Bonchev–Trinajstić information content (AvgIpc) is 2.39. The van der Waals surface area contributed by atoms with Gasteiger partial charge in [-0.15, -0.1) is 0 Å². The molecule has 2 N–H and O–H groups in total. The summed E-state index contributed by atoms with van der Waals surface area (Å²) in [5.41, 5.74) is 10.0. The van der Waals surface area contributed by atoms with Crippen molar-refractivity contribution < 1.29 is 0 Å². The maximum absolute atomic E-state index is 6.32. The van der Waals surface area contributed by atoms with E-state index in [-0.39, 0.29) is 6.04 Å². The standard InChI is InChI=1S/C16H18BrN/c1-2-4-12-5-3-6-14(11-12)16(18)13-7-9-15(17)10-8-13/h3,5-11,16H,2,4,18H2,1H3. The van der Waals surface area contributed by atoms with E-state index in [1.165, 1.54) is 11.1 Å². The number of hydrogen-bond donors (Lipinski definition) is 1. The summed E-state index contributed by atoms with van der Waals surface area (Å²) in [6, 6.07) is 16.7. The second-order valence-electron chi connectivity index (χ2n) is 4.52. The zero-order valence-electron chi connectivity index (χ0n) is 10.6. The van der Waals surface area contributed by atoms with Crippen molar-refractivity contribution in [1.29, 1.82) is 0 Å². The first-order valence-corrected chi connectivity index (χ1v) is 7.10. The van der Waals surface area contributed by atoms with Crippen molar-refractivity contribution in [1.82, 2.24) is 0 Å². The minimum atomic E-state index is -0.0464. The van der Waals surface area contributed by atoms with Crippen LogP contribution in [0.1, 0.15) is 36.1 Å². The first-order valence-electron chi connectivity index (χ1n) is 6.30. The first-order chi connectivity index (χ1) is 8.70. The Morgan fingerprint density at radius 2 is 1.78 bits per heavy atom. The zero-order valence-corrected chi connectivity index (χ0v) is 12.2. The fraction of sp³-hybridized carbons (Fsp3) is 0.250. The van der Waals surface area contributed by atoms with Crippen molar-refractivity contribution in [3.63, 3.8) is 0 Å². The number of hydrogen-bond acceptors (Lipinski definition) is 1. The van der Waals surface area contributed by atoms with Gasteiger partial charge in [0.05, 0.1) is 6.04 Å². The molecule has 0 radical (unpaired) electrons. The summed E-state index contributed by atoms with van der Waals surface area (Å²) >= 11 is 3.44. The van der Waals surface area contributed by atoms with Crippen molar-refractivity contribution in [2.75, 3.05) is 0 Å². The van der Waals surface area contributed by atoms with Crippen LogP contribution in [0.25, 0.3) is 0 Å². The lowest BCUT2D eigenvalue weighted by molar-refractivity contribution is 0.858. The van der Waals surface area contributed by atoms with Gasteiger partial charge in [0.2, 0.25) is 0 Å². The minimum absolute atomic E-state index is 0.0464. The Labute approximate surface area is 117 Å². The molecule has 0 bridgehead atoms. The fourth-order valence-electron chi connectivity index (χ4n) is 2.09. The second kappa shape index (κ2) is 6.17. The summed E-state index contributed by atoms with van der Waals surface area (Å²) in [5.74, 6) is 0. The molecule has 1 unspecified atom stereocenters. The van der Waals surface area contributed by atoms with Crippen LogP contribution in [0.2, 0.25) is 0 Å². The van der Waals surface area contributed by atoms with E-state index in [0.29, 0.717) is 0 Å². The van der Waals surface area contributed by atoms with E-state index in [4.69, 9.17) is 5.73 Å². The highest BCUT2D eigenvalue weighted by Crippen LogP contribution is 2.22. The summed E-state index contributed by atoms with van der Waals surface area (Å²) < 4.78 is 1.08. The molecule has 2 aromatic rings. The van der Waals surface area contributed by atoms with Gasteiger partial charge in [0.25, 0.3) is 0 Å². The SMILES string of the molecule is CCCc1cccc(C(N)c2ccc(Br)cc2)c1. The van der Waals surface area contributed by atoms with Crippen LogP contribution in [0.15, 0.2) is 53.0 Å². The monoisotopic (exact) mass is 303 g/mol. The Balaban J connectivity index is 2.24. The molecule has 2 rings (SSSR count). The van der Waals surface area contributed by atoms with Crippen molar-refractivity contribution in [3.05, 3.63) is 69.7 Å². The molecule has 2 aromatic carbocycles. The molecule has 0 heterocycles. The summed E-state index contributed by atoms with van der Waals surface area (Å²) in [4.78, 5) is 0. The van der Waals surface area contributed by atoms with Gasteiger partial charge in [0.1, 0.15) is 0 Å². The minimum Gasteiger partial charge on any atom is -0.320 e. The number of halogens is 1. The number of aryl methyl sites for hydroxylation is 1. The fourth-order valence-corrected chi connectivity index (χ4v) is 2.36. The smallest absolute Gasteiger partial charge is 0.0551 e. The van der Waals surface area contributed by atoms with E-state index in [1.54, 1.807) is 0 Å². The lowest BCUT2D eigenvalue weighted by atomic mass is 9.97. The highest BCUT2D eigenvalue weighted by Gasteiger charge is 2.08. The molecule has 18 heavy (non-hydrogen) atoms. The molecular weight excluding hydrogens is 286 g/mol. The highest BCUT2D eigenvalue weighted by atomic mass is 79.9. The predicted octanol–water partition coefficient (Wildman–Crippen LogP) is 4.45. The van der Waals surface area contributed by atoms with Crippen LogP contribution >= 0.6 is 15.9 Å². The summed E-state index contributed by atoms with van der Waals surface area (Å²) in [5, 5.41) is 0. The number of nitrogens with two attached hydrogens (primary N) is 1. The molecule has 0 aliphatic carbocycles. The van der Waals surface area contributed by atoms with Gasteiger partial charge in [0.15, 0.2) is 0 Å². The van der Waals surface area contributed by atoms with Crippen LogP contribution in [0.5, 0.6) is 0 Å². The van der Waals surface area contributed by atoms with Crippen molar-refractivity contribution in [2.24, 2.45) is 5.73 Å². The quantitative estimate of drug-likeness (QED) is 0.887. The molecule has 0 spiro atoms. The highest BCUT2D eigenvalue weighted by molar-refractivity contribution is 9.10. The molecule has 2 heteroatoms. The van der Waals surface area contributed by atoms with E-state index in [2.05, 4.69) is 59.3 Å². The van der Waals surface area contributed by atoms with Gasteiger partial charge in [-0.3, -0.25) is 0 Å². The Kier molecular flexibility index (Phi) is 4.56. The third-order valence-electron chi connectivity index (χ3n) is 3.08. The summed E-state index contributed by atoms with van der Waals surface area (Å²) in [6.45, 7) is 2.20. The van der Waals surface area contributed by atoms with Gasteiger partial charge in [-0.1, -0.05) is 65.7 Å². The largest absolute Gasteiger partial charge is 0.320 e. The molecule has 0 amide bonds. The number of rotatable bonds is 4. The molecule has 0 saturated carbocycles. The van der Waals surface area contributed by atoms with Crippen LogP contribution in [-0.2, 0) is 6.42 Å². The third-order valence-corrected chi connectivity index (χ3v) is 3.61. The van der Waals surface area contributed by atoms with E-state index >= 15 is 0 Å². The number of benzene rings is 2. The molecule has 1 nitrogen and oxygen atoms in total. The van der Waals surface area contributed by atoms with E-state index in [9.17, 15) is 0 Å². The average molecular weight is 304 g/mol. The van der Waals surface area contributed by atoms with Gasteiger partial charge in [-0.05, 0) is 35.2 Å². The van der Waals surface area contributed by atoms with Crippen LogP contribution in [0.4, 0.5) is 0 Å². The van der Waals surface area contributed by atoms with Crippen molar-refractivity contribution in [2.45, 2.75) is 25.8 Å². The van der Waals surface area contributed by atoms with Crippen LogP contribution in [-0.4, -0.2) is 0 Å². The molecular formula is C16H18BrN. The maximum atomic E-state index is 6.32. The van der Waals surface area contributed by atoms with Gasteiger partial charge in [-0.25, -0.2) is 0 Å². The summed E-state index contributed by atoms with van der Waals surface area (Å²) in [6.07, 6.45) is 2.28. The third kappa shape index (κ3) is 3.21. The Bertz CT molecular complexity index is 505. The van der Waals surface area contributed by atoms with Gasteiger partial charge < -0.3 is 5.73 Å². The van der Waals surface area contributed by atoms with Gasteiger partial charge in [-0.2, -0.15) is 0 Å². The second-order valence-corrected chi connectivity index (χ2v) is 5.44. The van der Waals surface area contributed by atoms with Crippen LogP contribution < -0.4 is 5.73 Å². The van der Waals surface area contributed by atoms with E-state index < -0.39 is 0 Å². The first kappa shape index (κ1) is 13.3. The zero-order chi connectivity index (χ0) is 13.0. The predicted molar refractivity (Wildman–Crippen MR) is 80.6 cm³/mol. The van der Waals surface area contributed by atoms with E-state index in [0.717, 1.165) is 22.9 Å². The molecule has 0 fully saturated rings. The Morgan fingerprint density at radius 3 is 2.44 bits per heavy atom. The van der Waals surface area contributed by atoms with Gasteiger partial charge in [0, 0.05) is 4.47 Å². The van der Waals surface area contributed by atoms with Crippen molar-refractivity contribution >= 4 is 15.9 Å². The lowest BCUT2D eigenvalue weighted by Gasteiger charge is -2.14. The molecule has 94 valence electrons. The summed E-state index contributed by atoms with van der Waals surface area (Å²) in [7, 11) is 0. The van der Waals surface area contributed by atoms with Crippen LogP contribution in [0, 0.1) is 0 Å². The molecule has 0 aliphatic rings. The lowest BCUT2D eigenvalue weighted by Crippen LogP contribution is -2.11. The molecule has 0 saturated heterocycles. The van der Waals surface area contributed by atoms with Gasteiger partial charge >= 0.3 is 0 Å². The molecule has 0 aliphatic heterocycles. The van der Waals surface area contributed by atoms with Crippen LogP contribution in [0.3, 0.4) is 0 Å².